The Balaban J connectivity index is 1.53. The number of non-ortho nitro benzene ring substituents is 1. The maximum absolute atomic E-state index is 14.7. The summed E-state index contributed by atoms with van der Waals surface area (Å²) in [4.78, 5) is 46.4. The highest BCUT2D eigenvalue weighted by Crippen LogP contribution is 2.62. The molecule has 368 valence electrons. The van der Waals surface area contributed by atoms with Crippen LogP contribution in [0.2, 0.25) is 0 Å². The molecule has 0 bridgehead atoms. The van der Waals surface area contributed by atoms with Gasteiger partial charge in [0.05, 0.1) is 62.9 Å². The Kier molecular flexibility index (Phi) is 18.6. The quantitative estimate of drug-likeness (QED) is 0.0280. The zero-order valence-corrected chi connectivity index (χ0v) is 38.7. The van der Waals surface area contributed by atoms with Crippen molar-refractivity contribution in [3.8, 4) is 28.7 Å². The SMILES string of the molecule is C=CCO[C@@]12Oc3ccc(OC(=O)Nc4ccc(OC)cc4OC)cc3[C@H]3[C@H](CCCCO)[C@@H](CCCCO)C=C(C(=NOCC)C[C@@H]1N(CCOCCO)C(=O)Oc1ccc([N+](=O)[O-])cc1)[C@H]32. The van der Waals surface area contributed by atoms with E-state index in [-0.39, 0.29) is 88.2 Å². The smallest absolute Gasteiger partial charge is 0.417 e. The van der Waals surface area contributed by atoms with Gasteiger partial charge in [0.25, 0.3) is 5.69 Å². The number of fused-ring (bicyclic) bond motifs is 2. The highest BCUT2D eigenvalue weighted by Gasteiger charge is 2.65. The van der Waals surface area contributed by atoms with Crippen molar-refractivity contribution in [2.24, 2.45) is 22.9 Å². The van der Waals surface area contributed by atoms with Crippen molar-refractivity contribution in [1.29, 1.82) is 0 Å². The first-order valence-corrected chi connectivity index (χ1v) is 22.9. The molecule has 0 unspecified atom stereocenters. The number of hydrogen-bond acceptors (Lipinski definition) is 16. The second-order valence-corrected chi connectivity index (χ2v) is 16.4. The van der Waals surface area contributed by atoms with Gasteiger partial charge in [0.15, 0.2) is 0 Å². The fourth-order valence-corrected chi connectivity index (χ4v) is 9.50. The number of methoxy groups -OCH3 is 2. The van der Waals surface area contributed by atoms with Crippen molar-refractivity contribution in [3.05, 3.63) is 101 Å². The number of ether oxygens (including phenoxy) is 7. The lowest BCUT2D eigenvalue weighted by molar-refractivity contribution is -0.384. The number of unbranched alkanes of at least 4 members (excludes halogenated alkanes) is 2. The molecule has 1 saturated carbocycles. The molecular weight excluding hydrogens is 885 g/mol. The zero-order valence-electron chi connectivity index (χ0n) is 38.7. The average molecular weight is 947 g/mol. The lowest BCUT2D eigenvalue weighted by Gasteiger charge is -2.59. The predicted octanol–water partition coefficient (Wildman–Crippen LogP) is 7.39. The fourth-order valence-electron chi connectivity index (χ4n) is 9.50. The molecule has 0 spiro atoms. The van der Waals surface area contributed by atoms with Crippen LogP contribution in [0.25, 0.3) is 0 Å². The highest BCUT2D eigenvalue weighted by atomic mass is 16.7. The van der Waals surface area contributed by atoms with Crippen LogP contribution in [-0.2, 0) is 14.3 Å². The molecule has 3 aromatic rings. The molecule has 6 atom stereocenters. The van der Waals surface area contributed by atoms with Gasteiger partial charge in [0.1, 0.15) is 41.4 Å². The van der Waals surface area contributed by atoms with Crippen LogP contribution >= 0.6 is 0 Å². The largest absolute Gasteiger partial charge is 0.497 e. The van der Waals surface area contributed by atoms with Gasteiger partial charge in [-0.25, -0.2) is 9.59 Å². The van der Waals surface area contributed by atoms with E-state index in [0.29, 0.717) is 66.3 Å². The van der Waals surface area contributed by atoms with Crippen LogP contribution in [0.5, 0.6) is 28.7 Å². The number of hydrogen-bond donors (Lipinski definition) is 4. The minimum atomic E-state index is -1.68. The third-order valence-electron chi connectivity index (χ3n) is 12.4. The van der Waals surface area contributed by atoms with Crippen molar-refractivity contribution in [2.45, 2.75) is 69.6 Å². The van der Waals surface area contributed by atoms with Gasteiger partial charge in [-0.3, -0.25) is 20.3 Å². The molecule has 2 aliphatic carbocycles. The van der Waals surface area contributed by atoms with E-state index in [1.165, 1.54) is 43.4 Å². The molecule has 3 aliphatic rings. The number of nitro groups is 1. The Morgan fingerprint density at radius 1 is 0.941 bits per heavy atom. The molecule has 6 rings (SSSR count). The summed E-state index contributed by atoms with van der Waals surface area (Å²) in [6.07, 6.45) is 6.07. The summed E-state index contributed by atoms with van der Waals surface area (Å²) < 4.78 is 42.6. The van der Waals surface area contributed by atoms with Gasteiger partial charge in [0, 0.05) is 55.9 Å². The molecule has 1 aliphatic heterocycles. The number of nitro benzene ring substituents is 1. The van der Waals surface area contributed by atoms with E-state index in [2.05, 4.69) is 23.1 Å². The van der Waals surface area contributed by atoms with E-state index in [9.17, 15) is 35.0 Å². The third-order valence-corrected chi connectivity index (χ3v) is 12.4. The van der Waals surface area contributed by atoms with Gasteiger partial charge >= 0.3 is 12.2 Å². The molecule has 1 fully saturated rings. The maximum atomic E-state index is 14.7. The first kappa shape index (κ1) is 51.1. The summed E-state index contributed by atoms with van der Waals surface area (Å²) >= 11 is 0. The number of nitrogens with zero attached hydrogens (tertiary/aromatic N) is 3. The van der Waals surface area contributed by atoms with E-state index < -0.39 is 40.8 Å². The number of aliphatic hydroxyl groups is 3. The van der Waals surface area contributed by atoms with Gasteiger partial charge in [0.2, 0.25) is 5.79 Å². The van der Waals surface area contributed by atoms with Crippen LogP contribution in [0, 0.1) is 27.9 Å². The molecule has 4 N–H and O–H groups in total. The Hall–Kier alpha value is -6.25. The summed E-state index contributed by atoms with van der Waals surface area (Å²) in [6, 6.07) is 14.1. The standard InChI is InChI=1S/C49H62N4O15/c1-5-25-64-49-44(52(21-26-63-27-24-56)48(58)67-34-15-13-33(14-16-34)53(59)60)31-41(51-65-6-2)38-28-32(11-7-9-22-54)37(12-8-10-23-55)45(46(38)49)39-29-36(18-20-42(39)68-49)66-47(57)50-40-19-17-35(61-3)30-43(40)62-4/h5,13-20,28-30,32,37,44-46,54-56H,1,6-12,21-27,31H2,2-4H3,(H,50,57)/t32-,37+,44-,45+,46+,49+/m0/s1. The Bertz CT molecular complexity index is 2250. The maximum Gasteiger partial charge on any atom is 0.417 e. The Labute approximate surface area is 395 Å². The number of oxime groups is 1. The lowest BCUT2D eigenvalue weighted by Crippen LogP contribution is -2.70. The summed E-state index contributed by atoms with van der Waals surface area (Å²) in [7, 11) is 3.00. The van der Waals surface area contributed by atoms with Crippen molar-refractivity contribution < 1.29 is 67.8 Å². The predicted molar refractivity (Wildman–Crippen MR) is 250 cm³/mol. The van der Waals surface area contributed by atoms with Crippen molar-refractivity contribution >= 4 is 29.3 Å². The van der Waals surface area contributed by atoms with Gasteiger partial charge in [-0.2, -0.15) is 0 Å². The number of anilines is 1. The van der Waals surface area contributed by atoms with Crippen molar-refractivity contribution in [2.75, 3.05) is 72.3 Å². The van der Waals surface area contributed by atoms with E-state index in [1.807, 2.05) is 6.92 Å². The van der Waals surface area contributed by atoms with Crippen molar-refractivity contribution in [3.63, 3.8) is 0 Å². The van der Waals surface area contributed by atoms with E-state index in [1.54, 1.807) is 42.5 Å². The summed E-state index contributed by atoms with van der Waals surface area (Å²) in [5, 5.41) is 48.3. The number of carbonyl (C=O) groups excluding carboxylic acids is 2. The molecule has 2 amide bonds. The van der Waals surface area contributed by atoms with Crippen LogP contribution in [0.4, 0.5) is 21.0 Å². The molecule has 0 saturated heterocycles. The molecule has 0 radical (unpaired) electrons. The Morgan fingerprint density at radius 3 is 2.35 bits per heavy atom. The summed E-state index contributed by atoms with van der Waals surface area (Å²) in [5.41, 5.74) is 2.18. The molecule has 19 nitrogen and oxygen atoms in total. The molecule has 3 aromatic carbocycles. The number of nitrogens with one attached hydrogen (secondary N) is 1. The highest BCUT2D eigenvalue weighted by molar-refractivity contribution is 6.03. The number of aliphatic hydroxyl groups excluding tert-OH is 3. The molecule has 19 heteroatoms. The molecule has 68 heavy (non-hydrogen) atoms. The van der Waals surface area contributed by atoms with Crippen LogP contribution < -0.4 is 29.0 Å². The van der Waals surface area contributed by atoms with Crippen LogP contribution in [0.15, 0.2) is 90.1 Å². The molecular formula is C49H62N4O15. The number of benzene rings is 3. The van der Waals surface area contributed by atoms with Gasteiger partial charge in [-0.15, -0.1) is 6.58 Å². The number of rotatable bonds is 25. The first-order valence-electron chi connectivity index (χ1n) is 22.9. The van der Waals surface area contributed by atoms with E-state index in [4.69, 9.17) is 38.0 Å². The number of allylic oxidation sites excluding steroid dienone is 1. The minimum Gasteiger partial charge on any atom is -0.497 e. The van der Waals surface area contributed by atoms with Crippen LogP contribution in [-0.4, -0.2) is 122 Å². The molecule has 1 heterocycles. The summed E-state index contributed by atoms with van der Waals surface area (Å²) in [5.74, 6) is -1.51. The first-order chi connectivity index (χ1) is 33.0. The summed E-state index contributed by atoms with van der Waals surface area (Å²) in [6.45, 7) is 5.64. The normalized spacial score (nSPS) is 21.8. The number of amides is 2. The zero-order chi connectivity index (χ0) is 48.6. The van der Waals surface area contributed by atoms with E-state index in [0.717, 1.165) is 12.0 Å². The number of carbonyl (C=O) groups is 2. The van der Waals surface area contributed by atoms with Gasteiger partial charge in [-0.1, -0.05) is 30.1 Å². The monoisotopic (exact) mass is 946 g/mol. The van der Waals surface area contributed by atoms with Crippen molar-refractivity contribution in [1.82, 2.24) is 4.90 Å². The third kappa shape index (κ3) is 11.9. The fraction of sp³-hybridized carbons (Fsp3) is 0.490. The van der Waals surface area contributed by atoms with Crippen LogP contribution in [0.3, 0.4) is 0 Å². The average Bonchev–Trinajstić information content (AvgIpc) is 3.34. The van der Waals surface area contributed by atoms with Crippen LogP contribution in [0.1, 0.15) is 63.4 Å². The van der Waals surface area contributed by atoms with Gasteiger partial charge in [-0.05, 0) is 92.5 Å². The second kappa shape index (κ2) is 24.7. The Morgan fingerprint density at radius 2 is 1.68 bits per heavy atom. The van der Waals surface area contributed by atoms with Gasteiger partial charge < -0.3 is 53.3 Å². The topological polar surface area (TPSA) is 239 Å². The minimum absolute atomic E-state index is 0.00419. The molecule has 0 aromatic heterocycles. The second-order valence-electron chi connectivity index (χ2n) is 16.4. The lowest BCUT2D eigenvalue weighted by atomic mass is 9.55. The van der Waals surface area contributed by atoms with E-state index >= 15 is 0 Å².